The summed E-state index contributed by atoms with van der Waals surface area (Å²) in [5.74, 6) is 0. The van der Waals surface area contributed by atoms with Gasteiger partial charge in [-0.2, -0.15) is 10.4 Å². The topological polar surface area (TPSA) is 67.4 Å². The summed E-state index contributed by atoms with van der Waals surface area (Å²) < 4.78 is 1.66. The Kier molecular flexibility index (Phi) is 3.11. The van der Waals surface area contributed by atoms with Crippen LogP contribution in [-0.2, 0) is 7.05 Å². The van der Waals surface area contributed by atoms with Gasteiger partial charge in [-0.25, -0.2) is 14.6 Å². The zero-order valence-corrected chi connectivity index (χ0v) is 10.6. The van der Waals surface area contributed by atoms with Crippen LogP contribution in [0.1, 0.15) is 16.8 Å². The maximum Gasteiger partial charge on any atom is 0.192 e. The molecule has 0 unspecified atom stereocenters. The van der Waals surface area contributed by atoms with E-state index in [0.29, 0.717) is 10.6 Å². The minimum atomic E-state index is 0.601. The van der Waals surface area contributed by atoms with E-state index in [4.69, 9.17) is 5.26 Å². The average molecular weight is 245 g/mol. The van der Waals surface area contributed by atoms with E-state index in [-0.39, 0.29) is 0 Å². The predicted octanol–water partition coefficient (Wildman–Crippen LogP) is 1.85. The number of nitriles is 1. The van der Waals surface area contributed by atoms with Gasteiger partial charge in [0.1, 0.15) is 17.4 Å². The Morgan fingerprint density at radius 2 is 2.18 bits per heavy atom. The van der Waals surface area contributed by atoms with Crippen molar-refractivity contribution in [1.29, 1.82) is 5.26 Å². The van der Waals surface area contributed by atoms with Gasteiger partial charge < -0.3 is 0 Å². The summed E-state index contributed by atoms with van der Waals surface area (Å²) >= 11 is 1.36. The maximum atomic E-state index is 9.14. The van der Waals surface area contributed by atoms with Crippen LogP contribution in [0.15, 0.2) is 22.6 Å². The van der Waals surface area contributed by atoms with Gasteiger partial charge in [-0.1, -0.05) is 0 Å². The predicted molar refractivity (Wildman–Crippen MR) is 63.6 cm³/mol. The summed E-state index contributed by atoms with van der Waals surface area (Å²) in [6, 6.07) is 4.08. The fraction of sp³-hybridized carbons (Fsp3) is 0.273. The third-order valence-electron chi connectivity index (χ3n) is 2.28. The van der Waals surface area contributed by atoms with E-state index >= 15 is 0 Å². The van der Waals surface area contributed by atoms with Crippen molar-refractivity contribution in [1.82, 2.24) is 19.7 Å². The smallest absolute Gasteiger partial charge is 0.192 e. The molecule has 0 saturated carbocycles. The largest absolute Gasteiger partial charge is 0.245 e. The van der Waals surface area contributed by atoms with Crippen LogP contribution in [0.4, 0.5) is 0 Å². The Hall–Kier alpha value is -1.87. The molecule has 0 aliphatic rings. The third kappa shape index (κ3) is 2.29. The molecule has 2 heterocycles. The van der Waals surface area contributed by atoms with Crippen LogP contribution in [0.5, 0.6) is 0 Å². The quantitative estimate of drug-likeness (QED) is 0.807. The summed E-state index contributed by atoms with van der Waals surface area (Å²) in [5, 5.41) is 14.5. The van der Waals surface area contributed by atoms with E-state index in [9.17, 15) is 0 Å². The van der Waals surface area contributed by atoms with Crippen molar-refractivity contribution in [3.05, 3.63) is 29.2 Å². The molecule has 86 valence electrons. The normalized spacial score (nSPS) is 10.2. The summed E-state index contributed by atoms with van der Waals surface area (Å²) in [6.07, 6.45) is 1.48. The Labute approximate surface area is 104 Å². The first-order chi connectivity index (χ1) is 8.11. The fourth-order valence-electron chi connectivity index (χ4n) is 1.48. The summed E-state index contributed by atoms with van der Waals surface area (Å²) in [5.41, 5.74) is 2.43. The highest BCUT2D eigenvalue weighted by molar-refractivity contribution is 7.99. The van der Waals surface area contributed by atoms with E-state index in [1.807, 2.05) is 27.0 Å². The molecular formula is C11H11N5S. The number of rotatable bonds is 2. The Morgan fingerprint density at radius 1 is 1.41 bits per heavy atom. The van der Waals surface area contributed by atoms with Gasteiger partial charge in [-0.15, -0.1) is 0 Å². The van der Waals surface area contributed by atoms with Crippen LogP contribution in [0.25, 0.3) is 0 Å². The van der Waals surface area contributed by atoms with Gasteiger partial charge in [0.25, 0.3) is 0 Å². The lowest BCUT2D eigenvalue weighted by Crippen LogP contribution is -1.97. The Balaban J connectivity index is 2.46. The van der Waals surface area contributed by atoms with Crippen molar-refractivity contribution in [3.8, 4) is 6.07 Å². The number of hydrogen-bond donors (Lipinski definition) is 0. The van der Waals surface area contributed by atoms with Crippen LogP contribution >= 0.6 is 11.8 Å². The summed E-state index contributed by atoms with van der Waals surface area (Å²) in [7, 11) is 1.81. The van der Waals surface area contributed by atoms with Crippen molar-refractivity contribution < 1.29 is 0 Å². The van der Waals surface area contributed by atoms with Crippen LogP contribution in [0.2, 0.25) is 0 Å². The zero-order chi connectivity index (χ0) is 12.4. The van der Waals surface area contributed by atoms with Crippen molar-refractivity contribution in [2.45, 2.75) is 24.0 Å². The fourth-order valence-corrected chi connectivity index (χ4v) is 2.43. The molecule has 0 aliphatic carbocycles. The SMILES string of the molecule is Cc1cc(C)c(C#N)c(Sc2ncnn2C)n1. The van der Waals surface area contributed by atoms with Gasteiger partial charge in [0, 0.05) is 12.7 Å². The second-order valence-electron chi connectivity index (χ2n) is 3.64. The lowest BCUT2D eigenvalue weighted by molar-refractivity contribution is 0.684. The van der Waals surface area contributed by atoms with E-state index in [0.717, 1.165) is 16.4 Å². The first kappa shape index (κ1) is 11.6. The van der Waals surface area contributed by atoms with Crippen LogP contribution in [-0.4, -0.2) is 19.7 Å². The van der Waals surface area contributed by atoms with Gasteiger partial charge in [0.2, 0.25) is 0 Å². The molecule has 6 heteroatoms. The highest BCUT2D eigenvalue weighted by Crippen LogP contribution is 2.28. The second kappa shape index (κ2) is 4.55. The highest BCUT2D eigenvalue weighted by atomic mass is 32.2. The molecule has 0 amide bonds. The Bertz CT molecular complexity index is 596. The van der Waals surface area contributed by atoms with E-state index in [2.05, 4.69) is 21.1 Å². The standard InChI is InChI=1S/C11H11N5S/c1-7-4-8(2)15-10(9(7)5-12)17-11-13-6-14-16(11)3/h4,6H,1-3H3. The highest BCUT2D eigenvalue weighted by Gasteiger charge is 2.12. The molecule has 0 bridgehead atoms. The van der Waals surface area contributed by atoms with Gasteiger partial charge >= 0.3 is 0 Å². The first-order valence-electron chi connectivity index (χ1n) is 5.02. The number of pyridine rings is 1. The third-order valence-corrected chi connectivity index (χ3v) is 3.32. The number of nitrogens with zero attached hydrogens (tertiary/aromatic N) is 5. The maximum absolute atomic E-state index is 9.14. The molecule has 0 aliphatic heterocycles. The molecule has 0 N–H and O–H groups in total. The van der Waals surface area contributed by atoms with Crippen molar-refractivity contribution in [3.63, 3.8) is 0 Å². The van der Waals surface area contributed by atoms with Crippen LogP contribution < -0.4 is 0 Å². The molecule has 0 atom stereocenters. The summed E-state index contributed by atoms with van der Waals surface area (Å²) in [6.45, 7) is 3.82. The van der Waals surface area contributed by atoms with Crippen molar-refractivity contribution in [2.24, 2.45) is 7.05 Å². The van der Waals surface area contributed by atoms with Gasteiger partial charge in [-0.05, 0) is 37.2 Å². The van der Waals surface area contributed by atoms with Gasteiger partial charge in [-0.3, -0.25) is 0 Å². The molecule has 0 radical (unpaired) electrons. The molecule has 17 heavy (non-hydrogen) atoms. The molecule has 5 nitrogen and oxygen atoms in total. The zero-order valence-electron chi connectivity index (χ0n) is 9.80. The molecule has 2 aromatic heterocycles. The van der Waals surface area contributed by atoms with E-state index in [1.165, 1.54) is 18.1 Å². The molecule has 0 saturated heterocycles. The van der Waals surface area contributed by atoms with Crippen molar-refractivity contribution in [2.75, 3.05) is 0 Å². The van der Waals surface area contributed by atoms with Gasteiger partial charge in [0.05, 0.1) is 5.56 Å². The van der Waals surface area contributed by atoms with E-state index in [1.54, 1.807) is 4.68 Å². The molecule has 2 rings (SSSR count). The van der Waals surface area contributed by atoms with Crippen LogP contribution in [0, 0.1) is 25.2 Å². The second-order valence-corrected chi connectivity index (χ2v) is 4.60. The lowest BCUT2D eigenvalue weighted by Gasteiger charge is -2.06. The van der Waals surface area contributed by atoms with Gasteiger partial charge in [0.15, 0.2) is 5.16 Å². The number of aromatic nitrogens is 4. The lowest BCUT2D eigenvalue weighted by atomic mass is 10.1. The molecule has 0 aromatic carbocycles. The van der Waals surface area contributed by atoms with Crippen LogP contribution in [0.3, 0.4) is 0 Å². The Morgan fingerprint density at radius 3 is 2.76 bits per heavy atom. The van der Waals surface area contributed by atoms with Crippen molar-refractivity contribution >= 4 is 11.8 Å². The molecule has 2 aromatic rings. The molecule has 0 spiro atoms. The molecular weight excluding hydrogens is 234 g/mol. The summed E-state index contributed by atoms with van der Waals surface area (Å²) in [4.78, 5) is 8.49. The minimum Gasteiger partial charge on any atom is -0.245 e. The first-order valence-corrected chi connectivity index (χ1v) is 5.83. The minimum absolute atomic E-state index is 0.601. The average Bonchev–Trinajstić information content (AvgIpc) is 2.64. The number of hydrogen-bond acceptors (Lipinski definition) is 5. The monoisotopic (exact) mass is 245 g/mol. The van der Waals surface area contributed by atoms with E-state index < -0.39 is 0 Å². The number of aryl methyl sites for hydroxylation is 3. The molecule has 0 fully saturated rings.